The van der Waals surface area contributed by atoms with Crippen LogP contribution in [0.4, 0.5) is 4.39 Å². The Kier molecular flexibility index (Phi) is 5.51. The molecule has 0 aliphatic heterocycles. The van der Waals surface area contributed by atoms with Gasteiger partial charge in [-0.15, -0.1) is 10.2 Å². The minimum absolute atomic E-state index is 0.0819. The van der Waals surface area contributed by atoms with E-state index >= 15 is 0 Å². The maximum Gasteiger partial charge on any atom is 0.247 e. The summed E-state index contributed by atoms with van der Waals surface area (Å²) >= 11 is 0. The monoisotopic (exact) mass is 339 g/mol. The van der Waals surface area contributed by atoms with E-state index in [1.165, 1.54) is 12.1 Å². The minimum Gasteiger partial charge on any atom is -0.421 e. The third kappa shape index (κ3) is 4.97. The van der Waals surface area contributed by atoms with Crippen LogP contribution in [0, 0.1) is 5.82 Å². The summed E-state index contributed by atoms with van der Waals surface area (Å²) in [6.07, 6.45) is 1.33. The molecule has 0 saturated heterocycles. The van der Waals surface area contributed by atoms with Crippen LogP contribution in [-0.2, 0) is 17.6 Å². The molecule has 0 saturated carbocycles. The van der Waals surface area contributed by atoms with Gasteiger partial charge in [-0.1, -0.05) is 30.3 Å². The van der Waals surface area contributed by atoms with Crippen LogP contribution in [0.15, 0.2) is 59.0 Å². The predicted octanol–water partition coefficient (Wildman–Crippen LogP) is 3.17. The van der Waals surface area contributed by atoms with Gasteiger partial charge in [0.2, 0.25) is 17.7 Å². The fourth-order valence-electron chi connectivity index (χ4n) is 2.36. The molecule has 128 valence electrons. The second kappa shape index (κ2) is 8.19. The van der Waals surface area contributed by atoms with E-state index in [-0.39, 0.29) is 18.1 Å². The van der Waals surface area contributed by atoms with Crippen molar-refractivity contribution in [2.24, 2.45) is 0 Å². The number of aromatic nitrogens is 2. The molecule has 3 rings (SSSR count). The molecule has 0 bridgehead atoms. The number of benzene rings is 2. The van der Waals surface area contributed by atoms with E-state index in [0.717, 1.165) is 11.1 Å². The summed E-state index contributed by atoms with van der Waals surface area (Å²) in [6, 6.07) is 15.7. The van der Waals surface area contributed by atoms with Crippen molar-refractivity contribution in [3.8, 4) is 11.5 Å². The first-order valence-electron chi connectivity index (χ1n) is 8.09. The highest BCUT2D eigenvalue weighted by Gasteiger charge is 2.10. The molecule has 0 aliphatic carbocycles. The second-order valence-electron chi connectivity index (χ2n) is 5.59. The molecule has 0 atom stereocenters. The average molecular weight is 339 g/mol. The van der Waals surface area contributed by atoms with E-state index < -0.39 is 0 Å². The molecule has 0 radical (unpaired) electrons. The van der Waals surface area contributed by atoms with E-state index in [0.29, 0.717) is 31.2 Å². The molecule has 5 nitrogen and oxygen atoms in total. The summed E-state index contributed by atoms with van der Waals surface area (Å²) in [5.74, 6) is 0.545. The Labute approximate surface area is 144 Å². The molecule has 1 heterocycles. The Morgan fingerprint density at radius 2 is 1.76 bits per heavy atom. The van der Waals surface area contributed by atoms with Crippen LogP contribution in [0.2, 0.25) is 0 Å². The van der Waals surface area contributed by atoms with E-state index in [1.807, 2.05) is 30.3 Å². The summed E-state index contributed by atoms with van der Waals surface area (Å²) in [6.45, 7) is 0.504. The van der Waals surface area contributed by atoms with Crippen LogP contribution in [0.1, 0.15) is 17.9 Å². The van der Waals surface area contributed by atoms with Gasteiger partial charge in [0.25, 0.3) is 0 Å². The molecule has 0 fully saturated rings. The Balaban J connectivity index is 1.42. The van der Waals surface area contributed by atoms with Gasteiger partial charge < -0.3 is 9.73 Å². The number of nitrogens with zero attached hydrogens (tertiary/aromatic N) is 2. The highest BCUT2D eigenvalue weighted by molar-refractivity contribution is 5.76. The smallest absolute Gasteiger partial charge is 0.247 e. The van der Waals surface area contributed by atoms with E-state index in [1.54, 1.807) is 12.1 Å². The van der Waals surface area contributed by atoms with Gasteiger partial charge in [-0.2, -0.15) is 0 Å². The average Bonchev–Trinajstić information content (AvgIpc) is 3.11. The molecule has 0 unspecified atom stereocenters. The lowest BCUT2D eigenvalue weighted by atomic mass is 10.1. The number of carbonyl (C=O) groups is 1. The number of carbonyl (C=O) groups excluding carboxylic acids is 1. The first-order valence-corrected chi connectivity index (χ1v) is 8.09. The summed E-state index contributed by atoms with van der Waals surface area (Å²) in [4.78, 5) is 11.9. The van der Waals surface area contributed by atoms with Crippen molar-refractivity contribution in [3.63, 3.8) is 0 Å². The lowest BCUT2D eigenvalue weighted by Crippen LogP contribution is -2.25. The van der Waals surface area contributed by atoms with Crippen LogP contribution in [0.5, 0.6) is 0 Å². The molecule has 1 N–H and O–H groups in total. The number of hydrogen-bond donors (Lipinski definition) is 1. The molecular weight excluding hydrogens is 321 g/mol. The van der Waals surface area contributed by atoms with Crippen LogP contribution < -0.4 is 5.32 Å². The first-order chi connectivity index (χ1) is 12.2. The second-order valence-corrected chi connectivity index (χ2v) is 5.59. The van der Waals surface area contributed by atoms with E-state index in [9.17, 15) is 9.18 Å². The van der Waals surface area contributed by atoms with Gasteiger partial charge in [-0.05, 0) is 36.2 Å². The van der Waals surface area contributed by atoms with Gasteiger partial charge >= 0.3 is 0 Å². The standard InChI is InChI=1S/C19H18FN3O2/c20-16-8-6-14(7-9-16)12-13-21-17(24)10-11-18-22-23-19(25-18)15-4-2-1-3-5-15/h1-9H,10-13H2,(H,21,24). The van der Waals surface area contributed by atoms with E-state index in [4.69, 9.17) is 4.42 Å². The van der Waals surface area contributed by atoms with Gasteiger partial charge in [-0.25, -0.2) is 4.39 Å². The number of amides is 1. The van der Waals surface area contributed by atoms with Crippen molar-refractivity contribution >= 4 is 5.91 Å². The van der Waals surface area contributed by atoms with Crippen LogP contribution in [-0.4, -0.2) is 22.6 Å². The topological polar surface area (TPSA) is 68.0 Å². The zero-order valence-corrected chi connectivity index (χ0v) is 13.6. The summed E-state index contributed by atoms with van der Waals surface area (Å²) in [7, 11) is 0. The molecule has 0 aliphatic rings. The Morgan fingerprint density at radius 3 is 2.52 bits per heavy atom. The number of hydrogen-bond acceptors (Lipinski definition) is 4. The molecule has 25 heavy (non-hydrogen) atoms. The molecule has 0 spiro atoms. The molecule has 6 heteroatoms. The summed E-state index contributed by atoms with van der Waals surface area (Å²) in [5.41, 5.74) is 1.83. The van der Waals surface area contributed by atoms with Gasteiger partial charge in [-0.3, -0.25) is 4.79 Å². The first kappa shape index (κ1) is 16.8. The zero-order valence-electron chi connectivity index (χ0n) is 13.6. The van der Waals surface area contributed by atoms with Crippen LogP contribution >= 0.6 is 0 Å². The van der Waals surface area contributed by atoms with Gasteiger partial charge in [0.1, 0.15) is 5.82 Å². The highest BCUT2D eigenvalue weighted by Crippen LogP contribution is 2.17. The number of aryl methyl sites for hydroxylation is 1. The van der Waals surface area contributed by atoms with Gasteiger partial charge in [0.05, 0.1) is 0 Å². The highest BCUT2D eigenvalue weighted by atomic mass is 19.1. The maximum atomic E-state index is 12.8. The van der Waals surface area contributed by atoms with Crippen LogP contribution in [0.3, 0.4) is 0 Å². The fourth-order valence-corrected chi connectivity index (χ4v) is 2.36. The quantitative estimate of drug-likeness (QED) is 0.718. The third-order valence-corrected chi connectivity index (χ3v) is 3.70. The third-order valence-electron chi connectivity index (χ3n) is 3.70. The Morgan fingerprint density at radius 1 is 1.00 bits per heavy atom. The Bertz CT molecular complexity index is 816. The lowest BCUT2D eigenvalue weighted by molar-refractivity contribution is -0.121. The van der Waals surface area contributed by atoms with Crippen molar-refractivity contribution in [1.82, 2.24) is 15.5 Å². The fraction of sp³-hybridized carbons (Fsp3) is 0.211. The van der Waals surface area contributed by atoms with Crippen molar-refractivity contribution in [3.05, 3.63) is 71.9 Å². The molecule has 3 aromatic rings. The van der Waals surface area contributed by atoms with Crippen molar-refractivity contribution in [2.45, 2.75) is 19.3 Å². The van der Waals surface area contributed by atoms with Crippen molar-refractivity contribution < 1.29 is 13.6 Å². The SMILES string of the molecule is O=C(CCc1nnc(-c2ccccc2)o1)NCCc1ccc(F)cc1. The molecular formula is C19H18FN3O2. The van der Waals surface area contributed by atoms with Crippen LogP contribution in [0.25, 0.3) is 11.5 Å². The number of nitrogens with one attached hydrogen (secondary N) is 1. The van der Waals surface area contributed by atoms with Crippen molar-refractivity contribution in [2.75, 3.05) is 6.54 Å². The molecule has 2 aromatic carbocycles. The normalized spacial score (nSPS) is 10.6. The number of rotatable bonds is 7. The zero-order chi connectivity index (χ0) is 17.5. The summed E-state index contributed by atoms with van der Waals surface area (Å²) in [5, 5.41) is 10.8. The minimum atomic E-state index is -0.262. The van der Waals surface area contributed by atoms with E-state index in [2.05, 4.69) is 15.5 Å². The predicted molar refractivity (Wildman–Crippen MR) is 91.2 cm³/mol. The van der Waals surface area contributed by atoms with Gasteiger partial charge in [0.15, 0.2) is 0 Å². The Hall–Kier alpha value is -3.02. The largest absolute Gasteiger partial charge is 0.421 e. The maximum absolute atomic E-state index is 12.8. The summed E-state index contributed by atoms with van der Waals surface area (Å²) < 4.78 is 18.4. The van der Waals surface area contributed by atoms with Crippen molar-refractivity contribution in [1.29, 1.82) is 0 Å². The molecule has 1 aromatic heterocycles. The van der Waals surface area contributed by atoms with Gasteiger partial charge in [0, 0.05) is 24.9 Å². The number of halogens is 1. The lowest BCUT2D eigenvalue weighted by Gasteiger charge is -2.04. The molecule has 1 amide bonds.